The van der Waals surface area contributed by atoms with Gasteiger partial charge in [0.25, 0.3) is 0 Å². The zero-order valence-electron chi connectivity index (χ0n) is 13.4. The Morgan fingerprint density at radius 3 is 3.09 bits per heavy atom. The van der Waals surface area contributed by atoms with Gasteiger partial charge in [0.05, 0.1) is 5.69 Å². The molecule has 0 spiro atoms. The highest BCUT2D eigenvalue weighted by molar-refractivity contribution is 5.84. The van der Waals surface area contributed by atoms with Crippen LogP contribution in [0.15, 0.2) is 48.9 Å². The lowest BCUT2D eigenvalue weighted by molar-refractivity contribution is 0.350. The average Bonchev–Trinajstić information content (AvgIpc) is 3.07. The molecule has 0 aliphatic carbocycles. The molecule has 0 saturated carbocycles. The molecule has 1 aromatic carbocycles. The number of hydrogen-bond acceptors (Lipinski definition) is 3. The summed E-state index contributed by atoms with van der Waals surface area (Å²) in [5.74, 6) is 1.88. The Bertz CT molecular complexity index is 802. The molecule has 4 heteroatoms. The molecule has 4 rings (SSSR count). The number of imidazole rings is 1. The van der Waals surface area contributed by atoms with Crippen molar-refractivity contribution >= 4 is 10.8 Å². The molecule has 1 aliphatic heterocycles. The summed E-state index contributed by atoms with van der Waals surface area (Å²) in [6, 6.07) is 10.8. The fourth-order valence-corrected chi connectivity index (χ4v) is 3.52. The van der Waals surface area contributed by atoms with Crippen LogP contribution in [-0.4, -0.2) is 21.1 Å². The van der Waals surface area contributed by atoms with Crippen molar-refractivity contribution in [3.63, 3.8) is 0 Å². The van der Waals surface area contributed by atoms with Gasteiger partial charge < -0.3 is 9.88 Å². The van der Waals surface area contributed by atoms with Gasteiger partial charge in [-0.1, -0.05) is 24.3 Å². The first kappa shape index (κ1) is 14.4. The molecule has 23 heavy (non-hydrogen) atoms. The third-order valence-corrected chi connectivity index (χ3v) is 4.88. The van der Waals surface area contributed by atoms with Crippen LogP contribution in [-0.2, 0) is 13.0 Å². The molecule has 0 saturated heterocycles. The third-order valence-electron chi connectivity index (χ3n) is 4.88. The average molecular weight is 306 g/mol. The summed E-state index contributed by atoms with van der Waals surface area (Å²) in [6.07, 6.45) is 8.18. The van der Waals surface area contributed by atoms with Crippen LogP contribution in [0.4, 0.5) is 0 Å². The zero-order valence-corrected chi connectivity index (χ0v) is 13.4. The predicted octanol–water partition coefficient (Wildman–Crippen LogP) is 3.34. The number of aryl methyl sites for hydroxylation is 1. The van der Waals surface area contributed by atoms with Crippen LogP contribution >= 0.6 is 0 Å². The van der Waals surface area contributed by atoms with Crippen LogP contribution in [0.2, 0.25) is 0 Å². The van der Waals surface area contributed by atoms with E-state index in [1.807, 2.05) is 12.4 Å². The molecule has 1 N–H and O–H groups in total. The lowest BCUT2D eigenvalue weighted by Crippen LogP contribution is -2.31. The number of nitrogens with zero attached hydrogens (tertiary/aromatic N) is 3. The topological polar surface area (TPSA) is 42.7 Å². The van der Waals surface area contributed by atoms with E-state index in [4.69, 9.17) is 0 Å². The van der Waals surface area contributed by atoms with Crippen molar-refractivity contribution in [2.75, 3.05) is 6.54 Å². The van der Waals surface area contributed by atoms with E-state index in [9.17, 15) is 0 Å². The minimum atomic E-state index is 0.253. The van der Waals surface area contributed by atoms with Crippen LogP contribution in [0.5, 0.6) is 0 Å². The first-order valence-corrected chi connectivity index (χ1v) is 8.38. The first-order chi connectivity index (χ1) is 11.3. The lowest BCUT2D eigenvalue weighted by Gasteiger charge is -2.25. The Kier molecular flexibility index (Phi) is 3.83. The van der Waals surface area contributed by atoms with Gasteiger partial charge in [-0.05, 0) is 37.3 Å². The molecular weight excluding hydrogens is 284 g/mol. The Morgan fingerprint density at radius 1 is 1.22 bits per heavy atom. The van der Waals surface area contributed by atoms with Gasteiger partial charge in [0, 0.05) is 43.0 Å². The Balaban J connectivity index is 1.45. The molecule has 2 aromatic heterocycles. The quantitative estimate of drug-likeness (QED) is 0.804. The minimum absolute atomic E-state index is 0.253. The van der Waals surface area contributed by atoms with Crippen LogP contribution in [0, 0.1) is 5.92 Å². The highest BCUT2D eigenvalue weighted by Gasteiger charge is 2.20. The molecule has 0 fully saturated rings. The summed E-state index contributed by atoms with van der Waals surface area (Å²) in [4.78, 5) is 9.08. The van der Waals surface area contributed by atoms with E-state index in [-0.39, 0.29) is 6.04 Å². The fourth-order valence-electron chi connectivity index (χ4n) is 3.52. The van der Waals surface area contributed by atoms with Crippen molar-refractivity contribution in [1.82, 2.24) is 19.9 Å². The standard InChI is InChI=1S/C19H22N4/c1-14(19-17-5-3-2-4-16(17)6-8-21-19)22-13-15-7-10-23-11-9-20-18(23)12-15/h2-6,8-9,11,14-15,22H,7,10,12-13H2,1H3. The lowest BCUT2D eigenvalue weighted by atomic mass is 9.97. The van der Waals surface area contributed by atoms with Crippen molar-refractivity contribution in [3.8, 4) is 0 Å². The summed E-state index contributed by atoms with van der Waals surface area (Å²) in [7, 11) is 0. The summed E-state index contributed by atoms with van der Waals surface area (Å²) in [6.45, 7) is 4.31. The Morgan fingerprint density at radius 2 is 2.13 bits per heavy atom. The van der Waals surface area contributed by atoms with Gasteiger partial charge in [-0.15, -0.1) is 0 Å². The van der Waals surface area contributed by atoms with E-state index >= 15 is 0 Å². The maximum atomic E-state index is 4.62. The SMILES string of the molecule is CC(NCC1CCn2ccnc2C1)c1nccc2ccccc12. The number of fused-ring (bicyclic) bond motifs is 2. The van der Waals surface area contributed by atoms with E-state index in [1.165, 1.54) is 23.0 Å². The summed E-state index contributed by atoms with van der Waals surface area (Å²) in [5.41, 5.74) is 1.14. The Hall–Kier alpha value is -2.20. The van der Waals surface area contributed by atoms with E-state index < -0.39 is 0 Å². The maximum absolute atomic E-state index is 4.62. The number of benzene rings is 1. The summed E-state index contributed by atoms with van der Waals surface area (Å²) >= 11 is 0. The second kappa shape index (κ2) is 6.13. The van der Waals surface area contributed by atoms with Gasteiger partial charge in [0.1, 0.15) is 5.82 Å². The molecule has 3 aromatic rings. The third kappa shape index (κ3) is 2.86. The van der Waals surface area contributed by atoms with Crippen LogP contribution in [0.25, 0.3) is 10.8 Å². The highest BCUT2D eigenvalue weighted by Crippen LogP contribution is 2.23. The zero-order chi connectivity index (χ0) is 15.6. The predicted molar refractivity (Wildman–Crippen MR) is 92.2 cm³/mol. The van der Waals surface area contributed by atoms with E-state index in [0.29, 0.717) is 5.92 Å². The van der Waals surface area contributed by atoms with Gasteiger partial charge >= 0.3 is 0 Å². The molecule has 0 bridgehead atoms. The molecule has 4 nitrogen and oxygen atoms in total. The highest BCUT2D eigenvalue weighted by atomic mass is 15.1. The van der Waals surface area contributed by atoms with E-state index in [0.717, 1.165) is 25.2 Å². The molecule has 3 heterocycles. The van der Waals surface area contributed by atoms with Crippen molar-refractivity contribution in [1.29, 1.82) is 0 Å². The van der Waals surface area contributed by atoms with Crippen molar-refractivity contribution in [2.45, 2.75) is 32.4 Å². The monoisotopic (exact) mass is 306 g/mol. The van der Waals surface area contributed by atoms with Gasteiger partial charge in [-0.2, -0.15) is 0 Å². The maximum Gasteiger partial charge on any atom is 0.108 e. The molecule has 2 atom stereocenters. The van der Waals surface area contributed by atoms with Gasteiger partial charge in [-0.25, -0.2) is 4.98 Å². The van der Waals surface area contributed by atoms with Gasteiger partial charge in [0.2, 0.25) is 0 Å². The molecular formula is C19H22N4. The second-order valence-electron chi connectivity index (χ2n) is 6.44. The number of hydrogen-bond donors (Lipinski definition) is 1. The number of nitrogens with one attached hydrogen (secondary N) is 1. The summed E-state index contributed by atoms with van der Waals surface area (Å²) in [5, 5.41) is 6.18. The number of aromatic nitrogens is 3. The van der Waals surface area contributed by atoms with Crippen molar-refractivity contribution in [2.24, 2.45) is 5.92 Å². The van der Waals surface area contributed by atoms with Crippen LogP contribution < -0.4 is 5.32 Å². The van der Waals surface area contributed by atoms with Crippen LogP contribution in [0.3, 0.4) is 0 Å². The van der Waals surface area contributed by atoms with Gasteiger partial charge in [-0.3, -0.25) is 4.98 Å². The van der Waals surface area contributed by atoms with Gasteiger partial charge in [0.15, 0.2) is 0 Å². The fraction of sp³-hybridized carbons (Fsp3) is 0.368. The number of rotatable bonds is 4. The van der Waals surface area contributed by atoms with Crippen molar-refractivity contribution in [3.05, 3.63) is 60.4 Å². The molecule has 2 unspecified atom stereocenters. The first-order valence-electron chi connectivity index (χ1n) is 8.38. The summed E-state index contributed by atoms with van der Waals surface area (Å²) < 4.78 is 2.27. The Labute approximate surface area is 136 Å². The van der Waals surface area contributed by atoms with E-state index in [2.05, 4.69) is 63.3 Å². The van der Waals surface area contributed by atoms with Crippen molar-refractivity contribution < 1.29 is 0 Å². The normalized spacial score (nSPS) is 18.7. The minimum Gasteiger partial charge on any atom is -0.335 e. The largest absolute Gasteiger partial charge is 0.335 e. The smallest absolute Gasteiger partial charge is 0.108 e. The molecule has 0 radical (unpaired) electrons. The molecule has 1 aliphatic rings. The molecule has 0 amide bonds. The second-order valence-corrected chi connectivity index (χ2v) is 6.44. The molecule has 118 valence electrons. The number of pyridine rings is 1. The van der Waals surface area contributed by atoms with Crippen LogP contribution in [0.1, 0.15) is 30.9 Å². The van der Waals surface area contributed by atoms with E-state index in [1.54, 1.807) is 0 Å².